The quantitative estimate of drug-likeness (QED) is 0.371. The Morgan fingerprint density at radius 1 is 1.15 bits per heavy atom. The number of anilines is 1. The van der Waals surface area contributed by atoms with Gasteiger partial charge in [-0.3, -0.25) is 4.79 Å². The van der Waals surface area contributed by atoms with Gasteiger partial charge in [-0.2, -0.15) is 0 Å². The van der Waals surface area contributed by atoms with Crippen LogP contribution in [0.4, 0.5) is 10.1 Å². The van der Waals surface area contributed by atoms with Crippen molar-refractivity contribution in [2.45, 2.75) is 26.9 Å². The van der Waals surface area contributed by atoms with Crippen molar-refractivity contribution in [2.75, 3.05) is 18.9 Å². The maximum atomic E-state index is 13.4. The minimum absolute atomic E-state index is 0. The van der Waals surface area contributed by atoms with Gasteiger partial charge < -0.3 is 15.5 Å². The molecule has 0 unspecified atom stereocenters. The molecule has 0 aliphatic rings. The Labute approximate surface area is 177 Å². The molecule has 5 nitrogen and oxygen atoms in total. The van der Waals surface area contributed by atoms with Crippen LogP contribution in [0.15, 0.2) is 53.5 Å². The van der Waals surface area contributed by atoms with Crippen molar-refractivity contribution in [1.29, 1.82) is 0 Å². The van der Waals surface area contributed by atoms with E-state index in [1.807, 2.05) is 49.2 Å². The number of hydrogen-bond acceptors (Lipinski definition) is 2. The van der Waals surface area contributed by atoms with Crippen LogP contribution in [0.25, 0.3) is 0 Å². The highest BCUT2D eigenvalue weighted by molar-refractivity contribution is 14.0. The van der Waals surface area contributed by atoms with Crippen LogP contribution in [0.5, 0.6) is 0 Å². The summed E-state index contributed by atoms with van der Waals surface area (Å²) in [5, 5.41) is 6.02. The number of guanidine groups is 1. The number of nitrogens with one attached hydrogen (secondary N) is 2. The van der Waals surface area contributed by atoms with E-state index in [0.29, 0.717) is 13.1 Å². The first-order valence-electron chi connectivity index (χ1n) is 8.58. The van der Waals surface area contributed by atoms with Crippen molar-refractivity contribution >= 4 is 41.5 Å². The fraction of sp³-hybridized carbons (Fsp3) is 0.300. The van der Waals surface area contributed by atoms with E-state index in [1.165, 1.54) is 19.1 Å². The first-order valence-corrected chi connectivity index (χ1v) is 8.58. The molecule has 0 bridgehead atoms. The molecule has 2 aromatic rings. The van der Waals surface area contributed by atoms with E-state index in [0.717, 1.165) is 29.3 Å². The van der Waals surface area contributed by atoms with Gasteiger partial charge in [0, 0.05) is 32.7 Å². The third kappa shape index (κ3) is 7.94. The van der Waals surface area contributed by atoms with Gasteiger partial charge >= 0.3 is 0 Å². The molecule has 2 rings (SSSR count). The molecule has 0 aliphatic heterocycles. The third-order valence-corrected chi connectivity index (χ3v) is 3.66. The smallest absolute Gasteiger partial charge is 0.221 e. The van der Waals surface area contributed by atoms with Gasteiger partial charge in [0.15, 0.2) is 5.96 Å². The van der Waals surface area contributed by atoms with Crippen LogP contribution >= 0.6 is 24.0 Å². The molecule has 0 saturated carbocycles. The Kier molecular flexibility index (Phi) is 9.77. The standard InChI is InChI=1S/C20H25FN4O.HI/c1-4-22-20(25(3)14-17-8-5-9-18(21)11-17)23-13-16-7-6-10-19(12-16)24-15(2)26;/h5-12H,4,13-14H2,1-3H3,(H,22,23)(H,24,26);1H. The van der Waals surface area contributed by atoms with E-state index in [9.17, 15) is 9.18 Å². The van der Waals surface area contributed by atoms with Gasteiger partial charge in [0.1, 0.15) is 5.82 Å². The van der Waals surface area contributed by atoms with Crippen molar-refractivity contribution in [3.8, 4) is 0 Å². The van der Waals surface area contributed by atoms with E-state index in [1.54, 1.807) is 6.07 Å². The first kappa shape index (κ1) is 22.9. The number of carbonyl (C=O) groups excluding carboxylic acids is 1. The number of aliphatic imine (C=N–C) groups is 1. The Bertz CT molecular complexity index is 782. The molecule has 0 radical (unpaired) electrons. The van der Waals surface area contributed by atoms with E-state index >= 15 is 0 Å². The van der Waals surface area contributed by atoms with E-state index < -0.39 is 0 Å². The molecule has 2 aromatic carbocycles. The first-order chi connectivity index (χ1) is 12.5. The molecule has 0 fully saturated rings. The maximum Gasteiger partial charge on any atom is 0.221 e. The van der Waals surface area contributed by atoms with Gasteiger partial charge in [-0.25, -0.2) is 9.38 Å². The minimum atomic E-state index is -0.243. The van der Waals surface area contributed by atoms with Gasteiger partial charge in [0.05, 0.1) is 6.54 Å². The van der Waals surface area contributed by atoms with Crippen LogP contribution < -0.4 is 10.6 Å². The zero-order valence-corrected chi connectivity index (χ0v) is 18.2. The van der Waals surface area contributed by atoms with Crippen molar-refractivity contribution in [2.24, 2.45) is 4.99 Å². The van der Waals surface area contributed by atoms with Gasteiger partial charge in [-0.1, -0.05) is 24.3 Å². The monoisotopic (exact) mass is 484 g/mol. The van der Waals surface area contributed by atoms with E-state index in [-0.39, 0.29) is 35.7 Å². The summed E-state index contributed by atoms with van der Waals surface area (Å²) in [5.41, 5.74) is 2.62. The summed E-state index contributed by atoms with van der Waals surface area (Å²) >= 11 is 0. The highest BCUT2D eigenvalue weighted by Crippen LogP contribution is 2.12. The predicted octanol–water partition coefficient (Wildman–Crippen LogP) is 4.00. The lowest BCUT2D eigenvalue weighted by molar-refractivity contribution is -0.114. The molecular formula is C20H26FIN4O. The Morgan fingerprint density at radius 3 is 2.52 bits per heavy atom. The second kappa shape index (κ2) is 11.5. The number of amides is 1. The lowest BCUT2D eigenvalue weighted by Gasteiger charge is -2.22. The zero-order valence-electron chi connectivity index (χ0n) is 15.8. The van der Waals surface area contributed by atoms with Crippen LogP contribution in [0.3, 0.4) is 0 Å². The van der Waals surface area contributed by atoms with E-state index in [2.05, 4.69) is 15.6 Å². The zero-order chi connectivity index (χ0) is 18.9. The molecular weight excluding hydrogens is 458 g/mol. The summed E-state index contributed by atoms with van der Waals surface area (Å²) in [6, 6.07) is 14.2. The fourth-order valence-electron chi connectivity index (χ4n) is 2.57. The molecule has 0 spiro atoms. The molecule has 0 aromatic heterocycles. The Morgan fingerprint density at radius 2 is 1.85 bits per heavy atom. The highest BCUT2D eigenvalue weighted by atomic mass is 127. The van der Waals surface area contributed by atoms with Gasteiger partial charge in [-0.05, 0) is 42.3 Å². The predicted molar refractivity (Wildman–Crippen MR) is 119 cm³/mol. The van der Waals surface area contributed by atoms with Crippen molar-refractivity contribution in [3.05, 3.63) is 65.5 Å². The van der Waals surface area contributed by atoms with Crippen molar-refractivity contribution < 1.29 is 9.18 Å². The fourth-order valence-corrected chi connectivity index (χ4v) is 2.57. The number of carbonyl (C=O) groups is 1. The number of halogens is 2. The minimum Gasteiger partial charge on any atom is -0.357 e. The summed E-state index contributed by atoms with van der Waals surface area (Å²) in [5.74, 6) is 0.392. The molecule has 0 atom stereocenters. The second-order valence-electron chi connectivity index (χ2n) is 6.04. The lowest BCUT2D eigenvalue weighted by atomic mass is 10.2. The van der Waals surface area contributed by atoms with Crippen LogP contribution in [-0.2, 0) is 17.9 Å². The van der Waals surface area contributed by atoms with Crippen molar-refractivity contribution in [1.82, 2.24) is 10.2 Å². The van der Waals surface area contributed by atoms with Gasteiger partial charge in [0.2, 0.25) is 5.91 Å². The van der Waals surface area contributed by atoms with Crippen LogP contribution in [0.2, 0.25) is 0 Å². The number of rotatable bonds is 6. The summed E-state index contributed by atoms with van der Waals surface area (Å²) < 4.78 is 13.4. The largest absolute Gasteiger partial charge is 0.357 e. The molecule has 0 aliphatic carbocycles. The molecule has 0 heterocycles. The molecule has 146 valence electrons. The summed E-state index contributed by atoms with van der Waals surface area (Å²) in [7, 11) is 1.92. The average Bonchev–Trinajstić information content (AvgIpc) is 2.58. The molecule has 27 heavy (non-hydrogen) atoms. The second-order valence-corrected chi connectivity index (χ2v) is 6.04. The Hall–Kier alpha value is -2.16. The molecule has 0 saturated heterocycles. The van der Waals surface area contributed by atoms with E-state index in [4.69, 9.17) is 0 Å². The molecule has 7 heteroatoms. The topological polar surface area (TPSA) is 56.7 Å². The normalized spacial score (nSPS) is 10.7. The van der Waals surface area contributed by atoms with Crippen LogP contribution in [0.1, 0.15) is 25.0 Å². The van der Waals surface area contributed by atoms with Gasteiger partial charge in [0.25, 0.3) is 0 Å². The molecule has 1 amide bonds. The van der Waals surface area contributed by atoms with Gasteiger partial charge in [-0.15, -0.1) is 24.0 Å². The molecule has 2 N–H and O–H groups in total. The number of nitrogens with zero attached hydrogens (tertiary/aromatic N) is 2. The summed E-state index contributed by atoms with van der Waals surface area (Å²) in [6.45, 7) is 5.25. The third-order valence-electron chi connectivity index (χ3n) is 3.66. The summed E-state index contributed by atoms with van der Waals surface area (Å²) in [4.78, 5) is 17.8. The van der Waals surface area contributed by atoms with Crippen LogP contribution in [-0.4, -0.2) is 30.4 Å². The number of benzene rings is 2. The Balaban J connectivity index is 0.00000364. The van der Waals surface area contributed by atoms with Crippen molar-refractivity contribution in [3.63, 3.8) is 0 Å². The average molecular weight is 484 g/mol. The van der Waals surface area contributed by atoms with Crippen LogP contribution in [0, 0.1) is 5.82 Å². The SMILES string of the molecule is CCNC(=NCc1cccc(NC(C)=O)c1)N(C)Cc1cccc(F)c1.I. The maximum absolute atomic E-state index is 13.4. The lowest BCUT2D eigenvalue weighted by Crippen LogP contribution is -2.38. The highest BCUT2D eigenvalue weighted by Gasteiger charge is 2.07. The summed E-state index contributed by atoms with van der Waals surface area (Å²) in [6.07, 6.45) is 0. The number of hydrogen-bond donors (Lipinski definition) is 2.